The minimum Gasteiger partial charge on any atom is -0.388 e. The Labute approximate surface area is 66.0 Å². The standard InChI is InChI=1S/C10H10O/c1-7-9-5-3-2-4-8(9)6-10(7)11/h2-5,10-11H,1,6H2. The summed E-state index contributed by atoms with van der Waals surface area (Å²) in [4.78, 5) is 0. The summed E-state index contributed by atoms with van der Waals surface area (Å²) < 4.78 is 0. The summed E-state index contributed by atoms with van der Waals surface area (Å²) in [5.74, 6) is 0. The summed E-state index contributed by atoms with van der Waals surface area (Å²) in [6.45, 7) is 3.83. The highest BCUT2D eigenvalue weighted by Crippen LogP contribution is 2.30. The zero-order chi connectivity index (χ0) is 7.84. The molecular formula is C10H10O. The van der Waals surface area contributed by atoms with Crippen molar-refractivity contribution in [2.24, 2.45) is 0 Å². The first kappa shape index (κ1) is 6.62. The third-order valence-corrected chi connectivity index (χ3v) is 2.18. The molecule has 0 heterocycles. The predicted molar refractivity (Wildman–Crippen MR) is 45.2 cm³/mol. The molecule has 0 saturated carbocycles. The molecule has 1 heteroatoms. The van der Waals surface area contributed by atoms with Gasteiger partial charge in [0.25, 0.3) is 0 Å². The molecule has 0 aromatic heterocycles. The lowest BCUT2D eigenvalue weighted by Crippen LogP contribution is -2.01. The molecule has 1 N–H and O–H groups in total. The molecule has 0 aliphatic heterocycles. The molecule has 0 amide bonds. The predicted octanol–water partition coefficient (Wildman–Crippen LogP) is 1.62. The van der Waals surface area contributed by atoms with Crippen LogP contribution in [0.4, 0.5) is 0 Å². The van der Waals surface area contributed by atoms with Crippen LogP contribution in [0.1, 0.15) is 11.1 Å². The number of aliphatic hydroxyl groups is 1. The van der Waals surface area contributed by atoms with Crippen LogP contribution in [-0.4, -0.2) is 11.2 Å². The highest BCUT2D eigenvalue weighted by atomic mass is 16.3. The van der Waals surface area contributed by atoms with Gasteiger partial charge in [-0.15, -0.1) is 0 Å². The Morgan fingerprint density at radius 2 is 2.09 bits per heavy atom. The minimum atomic E-state index is -0.354. The van der Waals surface area contributed by atoms with Crippen molar-refractivity contribution in [3.8, 4) is 0 Å². The smallest absolute Gasteiger partial charge is 0.0830 e. The van der Waals surface area contributed by atoms with E-state index in [1.807, 2.05) is 24.3 Å². The van der Waals surface area contributed by atoms with E-state index in [9.17, 15) is 5.11 Å². The maximum Gasteiger partial charge on any atom is 0.0830 e. The van der Waals surface area contributed by atoms with Crippen LogP contribution in [0.3, 0.4) is 0 Å². The molecule has 0 saturated heterocycles. The summed E-state index contributed by atoms with van der Waals surface area (Å²) in [6.07, 6.45) is 0.377. The van der Waals surface area contributed by atoms with Gasteiger partial charge in [0.2, 0.25) is 0 Å². The third kappa shape index (κ3) is 0.889. The quantitative estimate of drug-likeness (QED) is 0.589. The second-order valence-corrected chi connectivity index (χ2v) is 2.90. The number of hydrogen-bond donors (Lipinski definition) is 1. The molecule has 56 valence electrons. The normalized spacial score (nSPS) is 21.9. The number of aliphatic hydroxyl groups excluding tert-OH is 1. The first-order chi connectivity index (χ1) is 5.29. The lowest BCUT2D eigenvalue weighted by atomic mass is 10.1. The van der Waals surface area contributed by atoms with Gasteiger partial charge in [0, 0.05) is 6.42 Å². The van der Waals surface area contributed by atoms with Crippen molar-refractivity contribution < 1.29 is 5.11 Å². The monoisotopic (exact) mass is 146 g/mol. The van der Waals surface area contributed by atoms with E-state index >= 15 is 0 Å². The van der Waals surface area contributed by atoms with Crippen LogP contribution in [-0.2, 0) is 6.42 Å². The fourth-order valence-corrected chi connectivity index (χ4v) is 1.52. The number of hydrogen-bond acceptors (Lipinski definition) is 1. The fourth-order valence-electron chi connectivity index (χ4n) is 1.52. The molecular weight excluding hydrogens is 136 g/mol. The molecule has 2 rings (SSSR count). The van der Waals surface area contributed by atoms with Crippen molar-refractivity contribution in [1.29, 1.82) is 0 Å². The number of rotatable bonds is 0. The van der Waals surface area contributed by atoms with E-state index < -0.39 is 0 Å². The largest absolute Gasteiger partial charge is 0.388 e. The lowest BCUT2D eigenvalue weighted by Gasteiger charge is -1.99. The summed E-state index contributed by atoms with van der Waals surface area (Å²) in [5, 5.41) is 9.42. The van der Waals surface area contributed by atoms with Crippen molar-refractivity contribution >= 4 is 5.57 Å². The Morgan fingerprint density at radius 3 is 2.82 bits per heavy atom. The van der Waals surface area contributed by atoms with Gasteiger partial charge in [-0.2, -0.15) is 0 Å². The molecule has 1 aromatic rings. The SMILES string of the molecule is C=C1c2ccccc2CC1O. The summed E-state index contributed by atoms with van der Waals surface area (Å²) in [5.41, 5.74) is 3.20. The van der Waals surface area contributed by atoms with Crippen molar-refractivity contribution in [3.05, 3.63) is 42.0 Å². The molecule has 1 unspecified atom stereocenters. The fraction of sp³-hybridized carbons (Fsp3) is 0.200. The molecule has 1 atom stereocenters. The van der Waals surface area contributed by atoms with Crippen molar-refractivity contribution in [2.75, 3.05) is 0 Å². The molecule has 1 aliphatic carbocycles. The molecule has 1 aliphatic rings. The zero-order valence-electron chi connectivity index (χ0n) is 6.25. The summed E-state index contributed by atoms with van der Waals surface area (Å²) in [7, 11) is 0. The minimum absolute atomic E-state index is 0.354. The van der Waals surface area contributed by atoms with Crippen LogP contribution in [0.15, 0.2) is 30.8 Å². The van der Waals surface area contributed by atoms with E-state index in [2.05, 4.69) is 6.58 Å². The highest BCUT2D eigenvalue weighted by Gasteiger charge is 2.21. The van der Waals surface area contributed by atoms with E-state index in [-0.39, 0.29) is 6.10 Å². The topological polar surface area (TPSA) is 20.2 Å². The highest BCUT2D eigenvalue weighted by molar-refractivity contribution is 5.73. The maximum absolute atomic E-state index is 9.42. The van der Waals surface area contributed by atoms with E-state index in [0.717, 1.165) is 17.6 Å². The van der Waals surface area contributed by atoms with Crippen LogP contribution in [0.5, 0.6) is 0 Å². The second kappa shape index (κ2) is 2.21. The Morgan fingerprint density at radius 1 is 1.36 bits per heavy atom. The van der Waals surface area contributed by atoms with E-state index in [0.29, 0.717) is 0 Å². The first-order valence-electron chi connectivity index (χ1n) is 3.74. The van der Waals surface area contributed by atoms with Crippen molar-refractivity contribution in [3.63, 3.8) is 0 Å². The van der Waals surface area contributed by atoms with Gasteiger partial charge < -0.3 is 5.11 Å². The maximum atomic E-state index is 9.42. The molecule has 1 aromatic carbocycles. The number of benzene rings is 1. The van der Waals surface area contributed by atoms with Crippen LogP contribution in [0.2, 0.25) is 0 Å². The molecule has 0 radical (unpaired) electrons. The summed E-state index contributed by atoms with van der Waals surface area (Å²) >= 11 is 0. The van der Waals surface area contributed by atoms with Crippen LogP contribution in [0, 0.1) is 0 Å². The van der Waals surface area contributed by atoms with Crippen LogP contribution >= 0.6 is 0 Å². The van der Waals surface area contributed by atoms with Crippen LogP contribution < -0.4 is 0 Å². The Balaban J connectivity index is 2.55. The van der Waals surface area contributed by atoms with Gasteiger partial charge >= 0.3 is 0 Å². The van der Waals surface area contributed by atoms with Gasteiger partial charge in [0.05, 0.1) is 6.10 Å². The summed E-state index contributed by atoms with van der Waals surface area (Å²) in [6, 6.07) is 8.01. The van der Waals surface area contributed by atoms with Gasteiger partial charge in [0.15, 0.2) is 0 Å². The van der Waals surface area contributed by atoms with E-state index in [1.54, 1.807) is 0 Å². The molecule has 1 nitrogen and oxygen atoms in total. The average Bonchev–Trinajstić information content (AvgIpc) is 2.30. The van der Waals surface area contributed by atoms with Gasteiger partial charge in [-0.05, 0) is 16.7 Å². The van der Waals surface area contributed by atoms with Gasteiger partial charge in [-0.1, -0.05) is 30.8 Å². The lowest BCUT2D eigenvalue weighted by molar-refractivity contribution is 0.240. The van der Waals surface area contributed by atoms with Crippen molar-refractivity contribution in [2.45, 2.75) is 12.5 Å². The molecule has 0 fully saturated rings. The first-order valence-corrected chi connectivity index (χ1v) is 3.74. The van der Waals surface area contributed by atoms with Crippen LogP contribution in [0.25, 0.3) is 5.57 Å². The molecule has 0 spiro atoms. The average molecular weight is 146 g/mol. The Bertz CT molecular complexity index is 301. The Hall–Kier alpha value is -1.08. The second-order valence-electron chi connectivity index (χ2n) is 2.90. The van der Waals surface area contributed by atoms with Crippen molar-refractivity contribution in [1.82, 2.24) is 0 Å². The third-order valence-electron chi connectivity index (χ3n) is 2.18. The van der Waals surface area contributed by atoms with E-state index in [1.165, 1.54) is 5.56 Å². The van der Waals surface area contributed by atoms with Gasteiger partial charge in [-0.25, -0.2) is 0 Å². The van der Waals surface area contributed by atoms with E-state index in [4.69, 9.17) is 0 Å². The van der Waals surface area contributed by atoms with Gasteiger partial charge in [0.1, 0.15) is 0 Å². The zero-order valence-corrected chi connectivity index (χ0v) is 6.25. The number of fused-ring (bicyclic) bond motifs is 1. The Kier molecular flexibility index (Phi) is 1.33. The molecule has 11 heavy (non-hydrogen) atoms. The molecule has 0 bridgehead atoms. The van der Waals surface area contributed by atoms with Gasteiger partial charge in [-0.3, -0.25) is 0 Å².